The molecule has 0 aliphatic rings. The molecule has 0 spiro atoms. The minimum Gasteiger partial charge on any atom is -0.381 e. The molecule has 13 heavy (non-hydrogen) atoms. The Balaban J connectivity index is 2.07. The van der Waals surface area contributed by atoms with Crippen LogP contribution in [0.25, 0.3) is 0 Å². The van der Waals surface area contributed by atoms with Crippen molar-refractivity contribution in [1.29, 1.82) is 0 Å². The minimum atomic E-state index is 0.575. The second-order valence-electron chi connectivity index (χ2n) is 2.65. The van der Waals surface area contributed by atoms with E-state index in [0.29, 0.717) is 6.61 Å². The van der Waals surface area contributed by atoms with E-state index in [0.717, 1.165) is 18.1 Å². The normalized spacial score (nSPS) is 10.2. The maximum absolute atomic E-state index is 5.14. The molecule has 1 aromatic carbocycles. The van der Waals surface area contributed by atoms with Crippen LogP contribution in [0, 0.1) is 6.92 Å². The Morgan fingerprint density at radius 3 is 2.69 bits per heavy atom. The lowest BCUT2D eigenvalue weighted by Crippen LogP contribution is -1.96. The lowest BCUT2D eigenvalue weighted by atomic mass is 10.2. The van der Waals surface area contributed by atoms with E-state index < -0.39 is 0 Å². The summed E-state index contributed by atoms with van der Waals surface area (Å²) in [4.78, 5) is 0. The fourth-order valence-corrected chi connectivity index (χ4v) is 1.79. The molecule has 1 aromatic rings. The van der Waals surface area contributed by atoms with Crippen LogP contribution < -0.4 is 0 Å². The van der Waals surface area contributed by atoms with Gasteiger partial charge >= 0.3 is 0 Å². The van der Waals surface area contributed by atoms with Gasteiger partial charge in [0, 0.05) is 18.1 Å². The average Bonchev–Trinajstić information content (AvgIpc) is 2.19. The van der Waals surface area contributed by atoms with Crippen LogP contribution in [0.3, 0.4) is 0 Å². The van der Waals surface area contributed by atoms with E-state index in [1.165, 1.54) is 5.56 Å². The first kappa shape index (κ1) is 10.6. The summed E-state index contributed by atoms with van der Waals surface area (Å²) in [6, 6.07) is 10.5. The van der Waals surface area contributed by atoms with Gasteiger partial charge in [-0.2, -0.15) is 11.8 Å². The topological polar surface area (TPSA) is 9.23 Å². The van der Waals surface area contributed by atoms with Crippen LogP contribution in [-0.2, 0) is 10.5 Å². The van der Waals surface area contributed by atoms with Crippen molar-refractivity contribution in [2.45, 2.75) is 5.75 Å². The van der Waals surface area contributed by atoms with Gasteiger partial charge in [0.15, 0.2) is 0 Å². The summed E-state index contributed by atoms with van der Waals surface area (Å²) in [6.07, 6.45) is 0. The van der Waals surface area contributed by atoms with E-state index >= 15 is 0 Å². The SMILES string of the molecule is [CH2]COCCSCc1ccccc1. The number of benzene rings is 1. The molecule has 0 aliphatic carbocycles. The lowest BCUT2D eigenvalue weighted by molar-refractivity contribution is 0.179. The summed E-state index contributed by atoms with van der Waals surface area (Å²) in [5.41, 5.74) is 1.38. The highest BCUT2D eigenvalue weighted by Crippen LogP contribution is 2.10. The lowest BCUT2D eigenvalue weighted by Gasteiger charge is -2.01. The molecule has 0 bridgehead atoms. The van der Waals surface area contributed by atoms with Gasteiger partial charge in [0.2, 0.25) is 0 Å². The van der Waals surface area contributed by atoms with Crippen LogP contribution in [0.5, 0.6) is 0 Å². The number of ether oxygens (including phenoxy) is 1. The van der Waals surface area contributed by atoms with Crippen LogP contribution in [0.15, 0.2) is 30.3 Å². The standard InChI is InChI=1S/C11H15OS/c1-2-12-8-9-13-10-11-6-4-3-5-7-11/h3-7H,1-2,8-10H2. The molecule has 0 aliphatic heterocycles. The molecule has 0 saturated carbocycles. The van der Waals surface area contributed by atoms with Crippen molar-refractivity contribution in [3.8, 4) is 0 Å². The van der Waals surface area contributed by atoms with Crippen LogP contribution in [0.2, 0.25) is 0 Å². The number of rotatable bonds is 6. The molecule has 0 amide bonds. The third-order valence-electron chi connectivity index (χ3n) is 1.63. The van der Waals surface area contributed by atoms with E-state index in [1.807, 2.05) is 17.8 Å². The molecular weight excluding hydrogens is 180 g/mol. The van der Waals surface area contributed by atoms with Crippen LogP contribution in [0.4, 0.5) is 0 Å². The van der Waals surface area contributed by atoms with Crippen molar-refractivity contribution in [1.82, 2.24) is 0 Å². The van der Waals surface area contributed by atoms with Crippen molar-refractivity contribution in [2.75, 3.05) is 19.0 Å². The summed E-state index contributed by atoms with van der Waals surface area (Å²) in [5, 5.41) is 0. The second kappa shape index (κ2) is 6.98. The van der Waals surface area contributed by atoms with E-state index in [4.69, 9.17) is 4.74 Å². The molecule has 0 heterocycles. The van der Waals surface area contributed by atoms with Gasteiger partial charge in [-0.15, -0.1) is 0 Å². The minimum absolute atomic E-state index is 0.575. The average molecular weight is 195 g/mol. The van der Waals surface area contributed by atoms with Crippen molar-refractivity contribution in [2.24, 2.45) is 0 Å². The quantitative estimate of drug-likeness (QED) is 0.645. The summed E-state index contributed by atoms with van der Waals surface area (Å²) in [7, 11) is 0. The Morgan fingerprint density at radius 2 is 2.00 bits per heavy atom. The Bertz CT molecular complexity index is 211. The van der Waals surface area contributed by atoms with Gasteiger partial charge in [0.05, 0.1) is 6.61 Å². The highest BCUT2D eigenvalue weighted by atomic mass is 32.2. The monoisotopic (exact) mass is 195 g/mol. The molecule has 0 saturated heterocycles. The fraction of sp³-hybridized carbons (Fsp3) is 0.364. The summed E-state index contributed by atoms with van der Waals surface area (Å²) < 4.78 is 5.14. The summed E-state index contributed by atoms with van der Waals surface area (Å²) in [6.45, 7) is 4.99. The molecule has 71 valence electrons. The Labute approximate surface area is 84.5 Å². The number of hydrogen-bond donors (Lipinski definition) is 0. The van der Waals surface area contributed by atoms with Crippen LogP contribution in [0.1, 0.15) is 5.56 Å². The van der Waals surface area contributed by atoms with E-state index in [-0.39, 0.29) is 0 Å². The van der Waals surface area contributed by atoms with Crippen molar-refractivity contribution >= 4 is 11.8 Å². The van der Waals surface area contributed by atoms with Crippen molar-refractivity contribution in [3.05, 3.63) is 42.8 Å². The molecule has 0 fully saturated rings. The highest BCUT2D eigenvalue weighted by Gasteiger charge is 1.91. The molecule has 0 N–H and O–H groups in total. The van der Waals surface area contributed by atoms with Gasteiger partial charge in [-0.05, 0) is 12.5 Å². The third-order valence-corrected chi connectivity index (χ3v) is 2.62. The van der Waals surface area contributed by atoms with Crippen molar-refractivity contribution in [3.63, 3.8) is 0 Å². The van der Waals surface area contributed by atoms with Gasteiger partial charge in [-0.3, -0.25) is 0 Å². The predicted molar refractivity (Wildman–Crippen MR) is 58.8 cm³/mol. The molecular formula is C11H15OS. The largest absolute Gasteiger partial charge is 0.381 e. The second-order valence-corrected chi connectivity index (χ2v) is 3.76. The van der Waals surface area contributed by atoms with Gasteiger partial charge < -0.3 is 4.74 Å². The van der Waals surface area contributed by atoms with Gasteiger partial charge in [-0.1, -0.05) is 30.3 Å². The third kappa shape index (κ3) is 4.96. The zero-order chi connectivity index (χ0) is 9.36. The van der Waals surface area contributed by atoms with Gasteiger partial charge in [-0.25, -0.2) is 0 Å². The molecule has 0 atom stereocenters. The number of thioether (sulfide) groups is 1. The van der Waals surface area contributed by atoms with Gasteiger partial charge in [0.25, 0.3) is 0 Å². The van der Waals surface area contributed by atoms with E-state index in [2.05, 4.69) is 31.2 Å². The number of hydrogen-bond acceptors (Lipinski definition) is 2. The smallest absolute Gasteiger partial charge is 0.0556 e. The molecule has 2 heteroatoms. The zero-order valence-corrected chi connectivity index (χ0v) is 8.56. The van der Waals surface area contributed by atoms with E-state index in [1.54, 1.807) is 0 Å². The first-order chi connectivity index (χ1) is 6.43. The maximum Gasteiger partial charge on any atom is 0.0556 e. The first-order valence-corrected chi connectivity index (χ1v) is 5.57. The molecule has 1 radical (unpaired) electrons. The zero-order valence-electron chi connectivity index (χ0n) is 7.74. The van der Waals surface area contributed by atoms with E-state index in [9.17, 15) is 0 Å². The fourth-order valence-electron chi connectivity index (χ4n) is 0.984. The Morgan fingerprint density at radius 1 is 1.23 bits per heavy atom. The first-order valence-electron chi connectivity index (χ1n) is 4.42. The molecule has 1 nitrogen and oxygen atoms in total. The summed E-state index contributed by atoms with van der Waals surface area (Å²) >= 11 is 1.89. The predicted octanol–water partition coefficient (Wildman–Crippen LogP) is 2.77. The van der Waals surface area contributed by atoms with Crippen LogP contribution in [-0.4, -0.2) is 19.0 Å². The highest BCUT2D eigenvalue weighted by molar-refractivity contribution is 7.98. The van der Waals surface area contributed by atoms with Crippen LogP contribution >= 0.6 is 11.8 Å². The molecule has 0 unspecified atom stereocenters. The Hall–Kier alpha value is -0.470. The summed E-state index contributed by atoms with van der Waals surface area (Å²) in [5.74, 6) is 2.12. The molecule has 0 aromatic heterocycles. The van der Waals surface area contributed by atoms with Crippen molar-refractivity contribution < 1.29 is 4.74 Å². The maximum atomic E-state index is 5.14. The van der Waals surface area contributed by atoms with Gasteiger partial charge in [0.1, 0.15) is 0 Å². The molecule has 1 rings (SSSR count). The Kier molecular flexibility index (Phi) is 5.70.